The molecule has 8 nitrogen and oxygen atoms in total. The molecular formula is C18H28N6O2S2. The van der Waals surface area contributed by atoms with Crippen molar-refractivity contribution in [2.75, 3.05) is 28.5 Å². The fourth-order valence-electron chi connectivity index (χ4n) is 2.56. The van der Waals surface area contributed by atoms with E-state index in [0.717, 1.165) is 24.6 Å². The molecule has 0 aliphatic heterocycles. The fraction of sp³-hybridized carbons (Fsp3) is 0.556. The van der Waals surface area contributed by atoms with Gasteiger partial charge in [-0.2, -0.15) is 9.36 Å². The third-order valence-corrected chi connectivity index (χ3v) is 6.13. The van der Waals surface area contributed by atoms with Crippen molar-refractivity contribution in [3.63, 3.8) is 0 Å². The van der Waals surface area contributed by atoms with Crippen molar-refractivity contribution >= 4 is 43.7 Å². The number of aromatic nitrogens is 2. The van der Waals surface area contributed by atoms with Gasteiger partial charge in [-0.05, 0) is 38.5 Å². The second-order valence-electron chi connectivity index (χ2n) is 6.58. The Morgan fingerprint density at radius 3 is 2.46 bits per heavy atom. The first-order valence-corrected chi connectivity index (χ1v) is 11.9. The van der Waals surface area contributed by atoms with Crippen molar-refractivity contribution in [2.24, 2.45) is 10.2 Å². The summed E-state index contributed by atoms with van der Waals surface area (Å²) in [7, 11) is -3.45. The van der Waals surface area contributed by atoms with E-state index in [9.17, 15) is 8.42 Å². The van der Waals surface area contributed by atoms with E-state index in [1.807, 2.05) is 26.8 Å². The molecule has 1 N–H and O–H groups in total. The van der Waals surface area contributed by atoms with Gasteiger partial charge in [0.05, 0.1) is 11.4 Å². The Balaban J connectivity index is 2.38. The highest BCUT2D eigenvalue weighted by molar-refractivity contribution is 7.92. The number of benzene rings is 1. The molecule has 2 aromatic rings. The van der Waals surface area contributed by atoms with Crippen LogP contribution in [0.25, 0.3) is 0 Å². The van der Waals surface area contributed by atoms with Crippen LogP contribution in [0.5, 0.6) is 0 Å². The van der Waals surface area contributed by atoms with Crippen LogP contribution in [0.15, 0.2) is 28.4 Å². The summed E-state index contributed by atoms with van der Waals surface area (Å²) >= 11 is 1.17. The van der Waals surface area contributed by atoms with Crippen molar-refractivity contribution in [3.05, 3.63) is 24.0 Å². The van der Waals surface area contributed by atoms with E-state index < -0.39 is 10.0 Å². The summed E-state index contributed by atoms with van der Waals surface area (Å²) in [6.07, 6.45) is 0.532. The number of hydrogen-bond acceptors (Lipinski definition) is 8. The van der Waals surface area contributed by atoms with E-state index in [1.165, 1.54) is 11.5 Å². The lowest BCUT2D eigenvalue weighted by atomic mass is 10.2. The molecule has 0 radical (unpaired) electrons. The average Bonchev–Trinajstić information content (AvgIpc) is 3.11. The normalized spacial score (nSPS) is 12.1. The largest absolute Gasteiger partial charge is 0.372 e. The predicted molar refractivity (Wildman–Crippen MR) is 116 cm³/mol. The Morgan fingerprint density at radius 2 is 1.89 bits per heavy atom. The molecule has 154 valence electrons. The van der Waals surface area contributed by atoms with Gasteiger partial charge in [0.15, 0.2) is 0 Å². The molecule has 1 aromatic heterocycles. The maximum Gasteiger partial charge on any atom is 0.249 e. The van der Waals surface area contributed by atoms with Crippen LogP contribution in [-0.4, -0.2) is 36.6 Å². The molecule has 0 saturated heterocycles. The smallest absolute Gasteiger partial charge is 0.249 e. The summed E-state index contributed by atoms with van der Waals surface area (Å²) in [4.78, 5) is 6.47. The standard InChI is InChI=1S/C18H28N6O2S2/c1-6-11-28(25,26)23-16-12-14(24(7-2)8-3)9-10-15(16)20-21-18-19-17(13(4)5)22-27-18/h9-10,12-13,23H,6-8,11H2,1-5H3. The summed E-state index contributed by atoms with van der Waals surface area (Å²) in [5.74, 6) is 0.984. The first kappa shape index (κ1) is 22.2. The van der Waals surface area contributed by atoms with Crippen molar-refractivity contribution in [3.8, 4) is 0 Å². The molecule has 0 atom stereocenters. The minimum absolute atomic E-state index is 0.0488. The highest BCUT2D eigenvalue weighted by Gasteiger charge is 2.15. The lowest BCUT2D eigenvalue weighted by molar-refractivity contribution is 0.600. The zero-order chi connectivity index (χ0) is 20.7. The van der Waals surface area contributed by atoms with Gasteiger partial charge in [-0.25, -0.2) is 8.42 Å². The molecule has 0 amide bonds. The van der Waals surface area contributed by atoms with Crippen LogP contribution >= 0.6 is 11.5 Å². The van der Waals surface area contributed by atoms with E-state index in [1.54, 1.807) is 12.1 Å². The fourth-order valence-corrected chi connectivity index (χ4v) is 4.34. The molecule has 0 spiro atoms. The molecule has 2 rings (SSSR count). The van der Waals surface area contributed by atoms with Gasteiger partial charge in [-0.3, -0.25) is 4.72 Å². The zero-order valence-corrected chi connectivity index (χ0v) is 18.6. The monoisotopic (exact) mass is 424 g/mol. The summed E-state index contributed by atoms with van der Waals surface area (Å²) in [5.41, 5.74) is 1.78. The summed E-state index contributed by atoms with van der Waals surface area (Å²) in [6.45, 7) is 11.6. The van der Waals surface area contributed by atoms with Crippen LogP contribution in [0.4, 0.5) is 22.2 Å². The molecule has 1 aromatic carbocycles. The van der Waals surface area contributed by atoms with Crippen LogP contribution in [0.3, 0.4) is 0 Å². The minimum Gasteiger partial charge on any atom is -0.372 e. The highest BCUT2D eigenvalue weighted by atomic mass is 32.2. The number of hydrogen-bond donors (Lipinski definition) is 1. The molecule has 28 heavy (non-hydrogen) atoms. The second kappa shape index (κ2) is 9.92. The van der Waals surface area contributed by atoms with Crippen LogP contribution in [0, 0.1) is 0 Å². The Labute approximate surface area is 171 Å². The molecule has 0 saturated carbocycles. The minimum atomic E-state index is -3.45. The molecule has 10 heteroatoms. The van der Waals surface area contributed by atoms with Gasteiger partial charge in [-0.1, -0.05) is 20.8 Å². The third-order valence-electron chi connectivity index (χ3n) is 4.04. The molecule has 0 unspecified atom stereocenters. The number of nitrogens with one attached hydrogen (secondary N) is 1. The van der Waals surface area contributed by atoms with Crippen LogP contribution in [0.1, 0.15) is 52.8 Å². The number of rotatable bonds is 10. The van der Waals surface area contributed by atoms with Crippen molar-refractivity contribution in [2.45, 2.75) is 47.0 Å². The second-order valence-corrected chi connectivity index (χ2v) is 9.16. The van der Waals surface area contributed by atoms with Gasteiger partial charge in [-0.15, -0.1) is 10.2 Å². The summed E-state index contributed by atoms with van der Waals surface area (Å²) < 4.78 is 31.5. The predicted octanol–water partition coefficient (Wildman–Crippen LogP) is 5.07. The van der Waals surface area contributed by atoms with Crippen molar-refractivity contribution in [1.29, 1.82) is 0 Å². The SMILES string of the molecule is CCCS(=O)(=O)Nc1cc(N(CC)CC)ccc1N=Nc1nc(C(C)C)ns1. The van der Waals surface area contributed by atoms with Gasteiger partial charge >= 0.3 is 0 Å². The Morgan fingerprint density at radius 1 is 1.18 bits per heavy atom. The Hall–Kier alpha value is -2.07. The number of nitrogens with zero attached hydrogens (tertiary/aromatic N) is 5. The van der Waals surface area contributed by atoms with Gasteiger partial charge in [0.2, 0.25) is 15.2 Å². The van der Waals surface area contributed by atoms with Crippen LogP contribution < -0.4 is 9.62 Å². The molecule has 0 bridgehead atoms. The molecule has 1 heterocycles. The van der Waals surface area contributed by atoms with E-state index in [4.69, 9.17) is 0 Å². The lowest BCUT2D eigenvalue weighted by Crippen LogP contribution is -2.22. The van der Waals surface area contributed by atoms with Gasteiger partial charge < -0.3 is 4.90 Å². The molecule has 0 aliphatic rings. The number of anilines is 2. The van der Waals surface area contributed by atoms with Crippen molar-refractivity contribution in [1.82, 2.24) is 9.36 Å². The van der Waals surface area contributed by atoms with E-state index in [2.05, 4.69) is 43.1 Å². The highest BCUT2D eigenvalue weighted by Crippen LogP contribution is 2.33. The van der Waals surface area contributed by atoms with Crippen LogP contribution in [-0.2, 0) is 10.0 Å². The quantitative estimate of drug-likeness (QED) is 0.536. The molecule has 0 fully saturated rings. The van der Waals surface area contributed by atoms with Gasteiger partial charge in [0, 0.05) is 36.2 Å². The van der Waals surface area contributed by atoms with E-state index in [-0.39, 0.29) is 11.7 Å². The van der Waals surface area contributed by atoms with E-state index >= 15 is 0 Å². The summed E-state index contributed by atoms with van der Waals surface area (Å²) in [6, 6.07) is 5.48. The summed E-state index contributed by atoms with van der Waals surface area (Å²) in [5, 5.41) is 8.83. The van der Waals surface area contributed by atoms with Crippen LogP contribution in [0.2, 0.25) is 0 Å². The van der Waals surface area contributed by atoms with Gasteiger partial charge in [0.25, 0.3) is 0 Å². The van der Waals surface area contributed by atoms with E-state index in [0.29, 0.717) is 22.9 Å². The molecule has 0 aliphatic carbocycles. The van der Waals surface area contributed by atoms with Crippen molar-refractivity contribution < 1.29 is 8.42 Å². The zero-order valence-electron chi connectivity index (χ0n) is 17.0. The number of azo groups is 1. The Kier molecular flexibility index (Phi) is 7.88. The first-order valence-electron chi connectivity index (χ1n) is 9.44. The average molecular weight is 425 g/mol. The Bertz CT molecular complexity index is 905. The van der Waals surface area contributed by atoms with Gasteiger partial charge in [0.1, 0.15) is 11.5 Å². The topological polar surface area (TPSA) is 99.9 Å². The third kappa shape index (κ3) is 5.96. The lowest BCUT2D eigenvalue weighted by Gasteiger charge is -2.22. The number of sulfonamides is 1. The maximum absolute atomic E-state index is 12.3. The maximum atomic E-state index is 12.3. The first-order chi connectivity index (χ1) is 13.3. The molecular weight excluding hydrogens is 396 g/mol.